The van der Waals surface area contributed by atoms with Gasteiger partial charge >= 0.3 is 0 Å². The largest absolute Gasteiger partial charge is 0.390 e. The fourth-order valence-electron chi connectivity index (χ4n) is 2.41. The molecule has 4 nitrogen and oxygen atoms in total. The maximum absolute atomic E-state index is 9.67. The number of rotatable bonds is 3. The van der Waals surface area contributed by atoms with Crippen molar-refractivity contribution in [3.8, 4) is 0 Å². The highest BCUT2D eigenvalue weighted by Gasteiger charge is 2.15. The van der Waals surface area contributed by atoms with E-state index in [2.05, 4.69) is 24.0 Å². The Kier molecular flexibility index (Phi) is 3.16. The summed E-state index contributed by atoms with van der Waals surface area (Å²) < 4.78 is 1.92. The van der Waals surface area contributed by atoms with E-state index in [4.69, 9.17) is 0 Å². The summed E-state index contributed by atoms with van der Waals surface area (Å²) in [5.74, 6) is 0.782. The van der Waals surface area contributed by atoms with Gasteiger partial charge in [0.25, 0.3) is 0 Å². The van der Waals surface area contributed by atoms with Crippen LogP contribution in [-0.2, 0) is 6.61 Å². The zero-order chi connectivity index (χ0) is 14.1. The molecule has 20 heavy (non-hydrogen) atoms. The minimum absolute atomic E-state index is 0.0450. The van der Waals surface area contributed by atoms with Gasteiger partial charge in [0.2, 0.25) is 0 Å². The minimum atomic E-state index is -0.0450. The number of aliphatic hydroxyl groups excluding tert-OH is 1. The molecule has 0 saturated heterocycles. The van der Waals surface area contributed by atoms with Crippen LogP contribution in [0, 0.1) is 6.92 Å². The van der Waals surface area contributed by atoms with Crippen LogP contribution in [0.4, 0.5) is 11.5 Å². The average Bonchev–Trinajstić information content (AvgIpc) is 2.85. The summed E-state index contributed by atoms with van der Waals surface area (Å²) in [6.07, 6.45) is 1.92. The summed E-state index contributed by atoms with van der Waals surface area (Å²) >= 11 is 0. The van der Waals surface area contributed by atoms with E-state index in [1.54, 1.807) is 0 Å². The molecule has 0 saturated carbocycles. The van der Waals surface area contributed by atoms with Gasteiger partial charge in [-0.05, 0) is 36.8 Å². The fraction of sp³-hybridized carbons (Fsp3) is 0.188. The zero-order valence-corrected chi connectivity index (χ0v) is 11.6. The van der Waals surface area contributed by atoms with E-state index in [9.17, 15) is 5.11 Å². The Balaban J connectivity index is 2.14. The predicted octanol–water partition coefficient (Wildman–Crippen LogP) is 2.90. The molecule has 4 heteroatoms. The zero-order valence-electron chi connectivity index (χ0n) is 11.6. The molecular formula is C16H17N3O. The highest BCUT2D eigenvalue weighted by Crippen LogP contribution is 2.27. The number of aliphatic hydroxyl groups is 1. The first kappa shape index (κ1) is 12.7. The van der Waals surface area contributed by atoms with Crippen molar-refractivity contribution in [1.82, 2.24) is 9.38 Å². The van der Waals surface area contributed by atoms with Gasteiger partial charge in [0.1, 0.15) is 5.65 Å². The van der Waals surface area contributed by atoms with Crippen LogP contribution in [0.2, 0.25) is 0 Å². The number of imidazole rings is 1. The Morgan fingerprint density at radius 2 is 2.05 bits per heavy atom. The summed E-state index contributed by atoms with van der Waals surface area (Å²) in [6.45, 7) is 2.02. The highest BCUT2D eigenvalue weighted by molar-refractivity contribution is 5.65. The van der Waals surface area contributed by atoms with Gasteiger partial charge in [-0.3, -0.25) is 4.40 Å². The van der Waals surface area contributed by atoms with Crippen LogP contribution in [0.1, 0.15) is 11.3 Å². The van der Waals surface area contributed by atoms with Crippen molar-refractivity contribution < 1.29 is 5.11 Å². The molecule has 2 heterocycles. The molecule has 1 aromatic carbocycles. The molecule has 2 aromatic heterocycles. The monoisotopic (exact) mass is 267 g/mol. The molecule has 0 atom stereocenters. The van der Waals surface area contributed by atoms with Crippen LogP contribution in [0.25, 0.3) is 5.65 Å². The molecular weight excluding hydrogens is 250 g/mol. The second-order valence-electron chi connectivity index (χ2n) is 4.87. The smallest absolute Gasteiger partial charge is 0.157 e. The van der Waals surface area contributed by atoms with Crippen LogP contribution in [0.5, 0.6) is 0 Å². The van der Waals surface area contributed by atoms with Gasteiger partial charge in [-0.1, -0.05) is 18.2 Å². The van der Waals surface area contributed by atoms with Crippen LogP contribution in [0.15, 0.2) is 48.7 Å². The molecule has 0 aliphatic carbocycles. The van der Waals surface area contributed by atoms with E-state index in [0.29, 0.717) is 0 Å². The SMILES string of the molecule is Cc1cccc(N(C)c2nc3ccccn3c2CO)c1. The summed E-state index contributed by atoms with van der Waals surface area (Å²) in [4.78, 5) is 6.62. The van der Waals surface area contributed by atoms with E-state index in [-0.39, 0.29) is 6.61 Å². The molecule has 0 spiro atoms. The van der Waals surface area contributed by atoms with Gasteiger partial charge in [0.15, 0.2) is 5.82 Å². The van der Waals surface area contributed by atoms with Gasteiger partial charge in [-0.15, -0.1) is 0 Å². The normalized spacial score (nSPS) is 10.9. The van der Waals surface area contributed by atoms with E-state index in [0.717, 1.165) is 22.8 Å². The molecule has 0 aliphatic heterocycles. The van der Waals surface area contributed by atoms with Crippen molar-refractivity contribution in [3.63, 3.8) is 0 Å². The van der Waals surface area contributed by atoms with Crippen molar-refractivity contribution in [2.24, 2.45) is 0 Å². The number of pyridine rings is 1. The lowest BCUT2D eigenvalue weighted by Crippen LogP contribution is -2.12. The number of hydrogen-bond acceptors (Lipinski definition) is 3. The Morgan fingerprint density at radius 3 is 2.80 bits per heavy atom. The third-order valence-electron chi connectivity index (χ3n) is 3.46. The summed E-state index contributed by atoms with van der Waals surface area (Å²) in [6, 6.07) is 14.0. The van der Waals surface area contributed by atoms with Crippen LogP contribution >= 0.6 is 0 Å². The Bertz CT molecular complexity index is 748. The number of fused-ring (bicyclic) bond motifs is 1. The molecule has 0 unspecified atom stereocenters. The molecule has 0 radical (unpaired) electrons. The second-order valence-corrected chi connectivity index (χ2v) is 4.87. The van der Waals surface area contributed by atoms with Crippen molar-refractivity contribution in [2.75, 3.05) is 11.9 Å². The Morgan fingerprint density at radius 1 is 1.20 bits per heavy atom. The number of aryl methyl sites for hydroxylation is 1. The maximum Gasteiger partial charge on any atom is 0.157 e. The van der Waals surface area contributed by atoms with Crippen molar-refractivity contribution in [1.29, 1.82) is 0 Å². The third kappa shape index (κ3) is 2.04. The molecule has 0 aliphatic rings. The molecule has 3 rings (SSSR count). The van der Waals surface area contributed by atoms with Crippen molar-refractivity contribution in [2.45, 2.75) is 13.5 Å². The highest BCUT2D eigenvalue weighted by atomic mass is 16.3. The summed E-state index contributed by atoms with van der Waals surface area (Å²) in [5.41, 5.74) is 3.89. The lowest BCUT2D eigenvalue weighted by atomic mass is 10.2. The van der Waals surface area contributed by atoms with E-state index in [1.165, 1.54) is 5.56 Å². The van der Waals surface area contributed by atoms with Gasteiger partial charge in [0, 0.05) is 18.9 Å². The van der Waals surface area contributed by atoms with Crippen LogP contribution in [0.3, 0.4) is 0 Å². The lowest BCUT2D eigenvalue weighted by molar-refractivity contribution is 0.276. The van der Waals surface area contributed by atoms with Gasteiger partial charge < -0.3 is 10.0 Å². The Labute approximate surface area is 117 Å². The Hall–Kier alpha value is -2.33. The summed E-state index contributed by atoms with van der Waals surface area (Å²) in [7, 11) is 1.97. The van der Waals surface area contributed by atoms with Gasteiger partial charge in [-0.2, -0.15) is 0 Å². The third-order valence-corrected chi connectivity index (χ3v) is 3.46. The number of nitrogens with zero attached hydrogens (tertiary/aromatic N) is 3. The molecule has 3 aromatic rings. The first-order chi connectivity index (χ1) is 9.70. The number of hydrogen-bond donors (Lipinski definition) is 1. The summed E-state index contributed by atoms with van der Waals surface area (Å²) in [5, 5.41) is 9.67. The molecule has 1 N–H and O–H groups in total. The van der Waals surface area contributed by atoms with Gasteiger partial charge in [0.05, 0.1) is 12.3 Å². The van der Waals surface area contributed by atoms with E-state index >= 15 is 0 Å². The topological polar surface area (TPSA) is 40.8 Å². The van der Waals surface area contributed by atoms with Gasteiger partial charge in [-0.25, -0.2) is 4.98 Å². The number of aromatic nitrogens is 2. The molecule has 102 valence electrons. The second kappa shape index (κ2) is 4.98. The first-order valence-electron chi connectivity index (χ1n) is 6.58. The quantitative estimate of drug-likeness (QED) is 0.793. The maximum atomic E-state index is 9.67. The van der Waals surface area contributed by atoms with E-state index < -0.39 is 0 Å². The molecule has 0 amide bonds. The average molecular weight is 267 g/mol. The van der Waals surface area contributed by atoms with Crippen LogP contribution < -0.4 is 4.90 Å². The van der Waals surface area contributed by atoms with Crippen molar-refractivity contribution >= 4 is 17.2 Å². The lowest BCUT2D eigenvalue weighted by Gasteiger charge is -2.18. The van der Waals surface area contributed by atoms with Crippen molar-refractivity contribution in [3.05, 3.63) is 59.9 Å². The van der Waals surface area contributed by atoms with Crippen LogP contribution in [-0.4, -0.2) is 21.5 Å². The minimum Gasteiger partial charge on any atom is -0.390 e. The number of benzene rings is 1. The standard InChI is InChI=1S/C16H17N3O/c1-12-6-5-7-13(10-12)18(2)16-14(11-20)19-9-4-3-8-15(19)17-16/h3-10,20H,11H2,1-2H3. The first-order valence-corrected chi connectivity index (χ1v) is 6.58. The predicted molar refractivity (Wildman–Crippen MR) is 80.4 cm³/mol. The van der Waals surface area contributed by atoms with E-state index in [1.807, 2.05) is 52.9 Å². The molecule has 0 bridgehead atoms. The fourth-order valence-corrected chi connectivity index (χ4v) is 2.41. The number of anilines is 2. The molecule has 0 fully saturated rings.